The maximum absolute atomic E-state index is 12.4. The third kappa shape index (κ3) is 4.48. The van der Waals surface area contributed by atoms with E-state index in [2.05, 4.69) is 5.32 Å². The molecule has 2 aliphatic carbocycles. The fourth-order valence-corrected chi connectivity index (χ4v) is 3.75. The topological polar surface area (TPSA) is 55.1 Å². The van der Waals surface area contributed by atoms with Crippen molar-refractivity contribution in [2.75, 3.05) is 6.54 Å². The van der Waals surface area contributed by atoms with Crippen LogP contribution in [0.3, 0.4) is 0 Å². The van der Waals surface area contributed by atoms with Gasteiger partial charge in [-0.25, -0.2) is 0 Å². The van der Waals surface area contributed by atoms with E-state index in [0.29, 0.717) is 12.5 Å². The van der Waals surface area contributed by atoms with Gasteiger partial charge in [0.1, 0.15) is 0 Å². The van der Waals surface area contributed by atoms with Gasteiger partial charge in [0, 0.05) is 18.5 Å². The number of amides is 1. The molecule has 3 heteroatoms. The monoisotopic (exact) mass is 266 g/mol. The van der Waals surface area contributed by atoms with Crippen molar-refractivity contribution < 1.29 is 4.79 Å². The second-order valence-electron chi connectivity index (χ2n) is 6.44. The van der Waals surface area contributed by atoms with E-state index in [1.165, 1.54) is 57.8 Å². The molecule has 3 N–H and O–H groups in total. The molecule has 2 rings (SSSR count). The number of hydrogen-bond donors (Lipinski definition) is 2. The number of carbonyl (C=O) groups is 1. The standard InChI is InChI=1S/C16H30N2O/c17-12-15(13-8-6-7-9-13)18-16(19)14-10-4-2-1-3-5-11-14/h13-15H,1-12,17H2,(H,18,19). The Morgan fingerprint density at radius 1 is 0.947 bits per heavy atom. The molecular formula is C16H30N2O. The molecule has 0 bridgehead atoms. The Labute approximate surface area is 117 Å². The van der Waals surface area contributed by atoms with Crippen molar-refractivity contribution in [1.29, 1.82) is 0 Å². The van der Waals surface area contributed by atoms with E-state index < -0.39 is 0 Å². The first-order valence-electron chi connectivity index (χ1n) is 8.31. The molecule has 19 heavy (non-hydrogen) atoms. The van der Waals surface area contributed by atoms with E-state index in [1.807, 2.05) is 0 Å². The van der Waals surface area contributed by atoms with Crippen LogP contribution in [0.25, 0.3) is 0 Å². The summed E-state index contributed by atoms with van der Waals surface area (Å²) >= 11 is 0. The highest BCUT2D eigenvalue weighted by Gasteiger charge is 2.27. The fourth-order valence-electron chi connectivity index (χ4n) is 3.75. The summed E-state index contributed by atoms with van der Waals surface area (Å²) in [6.07, 6.45) is 13.6. The highest BCUT2D eigenvalue weighted by atomic mass is 16.1. The molecule has 2 aliphatic rings. The van der Waals surface area contributed by atoms with Crippen molar-refractivity contribution in [3.05, 3.63) is 0 Å². The van der Waals surface area contributed by atoms with Crippen LogP contribution in [0.5, 0.6) is 0 Å². The number of carbonyl (C=O) groups excluding carboxylic acids is 1. The predicted octanol–water partition coefficient (Wildman–Crippen LogP) is 2.98. The molecule has 0 aliphatic heterocycles. The zero-order valence-electron chi connectivity index (χ0n) is 12.2. The molecular weight excluding hydrogens is 236 g/mol. The van der Waals surface area contributed by atoms with Crippen LogP contribution in [0.15, 0.2) is 0 Å². The Kier molecular flexibility index (Phi) is 6.15. The summed E-state index contributed by atoms with van der Waals surface area (Å²) in [6, 6.07) is 0.223. The van der Waals surface area contributed by atoms with Crippen LogP contribution in [-0.2, 0) is 4.79 Å². The van der Waals surface area contributed by atoms with Crippen LogP contribution >= 0.6 is 0 Å². The second-order valence-corrected chi connectivity index (χ2v) is 6.44. The van der Waals surface area contributed by atoms with Gasteiger partial charge >= 0.3 is 0 Å². The largest absolute Gasteiger partial charge is 0.352 e. The third-order valence-corrected chi connectivity index (χ3v) is 5.03. The summed E-state index contributed by atoms with van der Waals surface area (Å²) in [5.74, 6) is 1.16. The van der Waals surface area contributed by atoms with E-state index in [-0.39, 0.29) is 17.9 Å². The molecule has 0 spiro atoms. The average Bonchev–Trinajstić information content (AvgIpc) is 2.89. The fraction of sp³-hybridized carbons (Fsp3) is 0.938. The lowest BCUT2D eigenvalue weighted by Gasteiger charge is -2.26. The molecule has 0 aromatic carbocycles. The Morgan fingerprint density at radius 2 is 1.47 bits per heavy atom. The zero-order valence-corrected chi connectivity index (χ0v) is 12.2. The van der Waals surface area contributed by atoms with Crippen LogP contribution in [0, 0.1) is 11.8 Å². The number of nitrogens with two attached hydrogens (primary N) is 1. The van der Waals surface area contributed by atoms with Crippen molar-refractivity contribution in [3.63, 3.8) is 0 Å². The van der Waals surface area contributed by atoms with Gasteiger partial charge < -0.3 is 11.1 Å². The lowest BCUT2D eigenvalue weighted by molar-refractivity contribution is -0.126. The molecule has 1 atom stereocenters. The summed E-state index contributed by atoms with van der Waals surface area (Å²) in [4.78, 5) is 12.4. The van der Waals surface area contributed by atoms with Crippen LogP contribution in [0.1, 0.15) is 70.6 Å². The quantitative estimate of drug-likeness (QED) is 0.822. The van der Waals surface area contributed by atoms with Crippen LogP contribution in [0.2, 0.25) is 0 Å². The van der Waals surface area contributed by atoms with Crippen molar-refractivity contribution in [3.8, 4) is 0 Å². The van der Waals surface area contributed by atoms with E-state index in [9.17, 15) is 4.79 Å². The minimum atomic E-state index is 0.223. The van der Waals surface area contributed by atoms with E-state index in [4.69, 9.17) is 5.73 Å². The summed E-state index contributed by atoms with van der Waals surface area (Å²) in [6.45, 7) is 0.600. The van der Waals surface area contributed by atoms with Crippen LogP contribution in [-0.4, -0.2) is 18.5 Å². The summed E-state index contributed by atoms with van der Waals surface area (Å²) in [7, 11) is 0. The number of rotatable bonds is 4. The van der Waals surface area contributed by atoms with Gasteiger partial charge in [0.05, 0.1) is 0 Å². The highest BCUT2D eigenvalue weighted by Crippen LogP contribution is 2.28. The average molecular weight is 266 g/mol. The maximum atomic E-state index is 12.4. The summed E-state index contributed by atoms with van der Waals surface area (Å²) in [5, 5.41) is 3.26. The van der Waals surface area contributed by atoms with E-state index in [0.717, 1.165) is 12.8 Å². The normalized spacial score (nSPS) is 24.7. The van der Waals surface area contributed by atoms with Crippen molar-refractivity contribution in [2.24, 2.45) is 17.6 Å². The molecule has 0 aromatic rings. The van der Waals surface area contributed by atoms with Crippen molar-refractivity contribution in [2.45, 2.75) is 76.7 Å². The first kappa shape index (κ1) is 14.8. The Bertz CT molecular complexity index is 266. The Hall–Kier alpha value is -0.570. The van der Waals surface area contributed by atoms with Gasteiger partial charge in [0.25, 0.3) is 0 Å². The summed E-state index contributed by atoms with van der Waals surface area (Å²) < 4.78 is 0. The SMILES string of the molecule is NCC(NC(=O)C1CCCCCCC1)C1CCCC1. The van der Waals surface area contributed by atoms with E-state index >= 15 is 0 Å². The zero-order chi connectivity index (χ0) is 13.5. The Morgan fingerprint density at radius 3 is 2.05 bits per heavy atom. The molecule has 0 aromatic heterocycles. The predicted molar refractivity (Wildman–Crippen MR) is 78.8 cm³/mol. The molecule has 2 fully saturated rings. The minimum Gasteiger partial charge on any atom is -0.352 e. The maximum Gasteiger partial charge on any atom is 0.223 e. The van der Waals surface area contributed by atoms with Gasteiger partial charge in [-0.2, -0.15) is 0 Å². The number of nitrogens with one attached hydrogen (secondary N) is 1. The van der Waals surface area contributed by atoms with Gasteiger partial charge in [-0.15, -0.1) is 0 Å². The summed E-state index contributed by atoms with van der Waals surface area (Å²) in [5.41, 5.74) is 5.87. The van der Waals surface area contributed by atoms with Crippen LogP contribution in [0.4, 0.5) is 0 Å². The van der Waals surface area contributed by atoms with Crippen molar-refractivity contribution in [1.82, 2.24) is 5.32 Å². The molecule has 0 radical (unpaired) electrons. The molecule has 110 valence electrons. The molecule has 2 saturated carbocycles. The molecule has 1 unspecified atom stereocenters. The lowest BCUT2D eigenvalue weighted by Crippen LogP contribution is -2.46. The first-order chi connectivity index (χ1) is 9.31. The van der Waals surface area contributed by atoms with Gasteiger partial charge in [-0.3, -0.25) is 4.79 Å². The molecule has 0 heterocycles. The first-order valence-corrected chi connectivity index (χ1v) is 8.31. The van der Waals surface area contributed by atoms with Gasteiger partial charge in [-0.1, -0.05) is 44.9 Å². The van der Waals surface area contributed by atoms with Crippen molar-refractivity contribution >= 4 is 5.91 Å². The van der Waals surface area contributed by atoms with Gasteiger partial charge in [0.15, 0.2) is 0 Å². The smallest absolute Gasteiger partial charge is 0.223 e. The molecule has 3 nitrogen and oxygen atoms in total. The molecule has 0 saturated heterocycles. The van der Waals surface area contributed by atoms with Gasteiger partial charge in [0.2, 0.25) is 5.91 Å². The van der Waals surface area contributed by atoms with Gasteiger partial charge in [-0.05, 0) is 31.6 Å². The van der Waals surface area contributed by atoms with Crippen LogP contribution < -0.4 is 11.1 Å². The third-order valence-electron chi connectivity index (χ3n) is 5.03. The minimum absolute atomic E-state index is 0.223. The number of hydrogen-bond acceptors (Lipinski definition) is 2. The Balaban J connectivity index is 1.82. The second kappa shape index (κ2) is 7.88. The molecule has 1 amide bonds. The highest BCUT2D eigenvalue weighted by molar-refractivity contribution is 5.79. The van der Waals surface area contributed by atoms with E-state index in [1.54, 1.807) is 0 Å². The lowest BCUT2D eigenvalue weighted by atomic mass is 9.89.